The normalized spacial score (nSPS) is 18.2. The van der Waals surface area contributed by atoms with E-state index in [1.54, 1.807) is 21.3 Å². The fourth-order valence-corrected chi connectivity index (χ4v) is 2.90. The molecule has 0 bridgehead atoms. The summed E-state index contributed by atoms with van der Waals surface area (Å²) >= 11 is 0. The Labute approximate surface area is 138 Å². The largest absolute Gasteiger partial charge is 0.493 e. The van der Waals surface area contributed by atoms with Crippen LogP contribution in [-0.2, 0) is 11.3 Å². The van der Waals surface area contributed by atoms with Crippen LogP contribution in [0, 0.1) is 5.92 Å². The zero-order valence-electron chi connectivity index (χ0n) is 14.5. The minimum Gasteiger partial charge on any atom is -0.493 e. The quantitative estimate of drug-likeness (QED) is 0.639. The van der Waals surface area contributed by atoms with Crippen LogP contribution in [0.4, 0.5) is 0 Å². The Bertz CT molecular complexity index is 534. The highest BCUT2D eigenvalue weighted by Crippen LogP contribution is 2.27. The third kappa shape index (κ3) is 4.51. The number of hydrogen-bond acceptors (Lipinski definition) is 4. The van der Waals surface area contributed by atoms with Crippen molar-refractivity contribution in [1.29, 1.82) is 0 Å². The third-order valence-electron chi connectivity index (χ3n) is 4.10. The minimum atomic E-state index is 0.583. The van der Waals surface area contributed by atoms with E-state index in [0.717, 1.165) is 49.1 Å². The predicted molar refractivity (Wildman–Crippen MR) is 91.3 cm³/mol. The number of rotatable bonds is 6. The second kappa shape index (κ2) is 8.62. The highest BCUT2D eigenvalue weighted by atomic mass is 16.5. The van der Waals surface area contributed by atoms with Crippen LogP contribution in [0.25, 0.3) is 0 Å². The van der Waals surface area contributed by atoms with Crippen molar-refractivity contribution in [1.82, 2.24) is 10.2 Å². The average Bonchev–Trinajstić information content (AvgIpc) is 3.04. The Kier molecular flexibility index (Phi) is 6.52. The molecule has 0 saturated carbocycles. The van der Waals surface area contributed by atoms with Gasteiger partial charge in [0.05, 0.1) is 20.8 Å². The molecule has 1 aliphatic rings. The number of nitrogens with zero attached hydrogens (tertiary/aromatic N) is 2. The van der Waals surface area contributed by atoms with Gasteiger partial charge in [-0.05, 0) is 24.1 Å². The fourth-order valence-electron chi connectivity index (χ4n) is 2.90. The summed E-state index contributed by atoms with van der Waals surface area (Å²) in [5, 5.41) is 3.42. The van der Waals surface area contributed by atoms with Gasteiger partial charge in [-0.2, -0.15) is 0 Å². The van der Waals surface area contributed by atoms with Crippen molar-refractivity contribution in [2.24, 2.45) is 10.9 Å². The van der Waals surface area contributed by atoms with Crippen LogP contribution < -0.4 is 14.8 Å². The fraction of sp³-hybridized carbons (Fsp3) is 0.588. The number of ether oxygens (including phenoxy) is 3. The summed E-state index contributed by atoms with van der Waals surface area (Å²) < 4.78 is 15.9. The van der Waals surface area contributed by atoms with Crippen molar-refractivity contribution >= 4 is 5.96 Å². The molecule has 1 saturated heterocycles. The number of hydrogen-bond donors (Lipinski definition) is 1. The van der Waals surface area contributed by atoms with Gasteiger partial charge in [-0.3, -0.25) is 4.99 Å². The molecular weight excluding hydrogens is 294 g/mol. The van der Waals surface area contributed by atoms with Gasteiger partial charge in [0.15, 0.2) is 17.5 Å². The molecule has 6 heteroatoms. The first-order chi connectivity index (χ1) is 11.2. The summed E-state index contributed by atoms with van der Waals surface area (Å²) in [5.74, 6) is 2.99. The Balaban J connectivity index is 1.94. The number of methoxy groups -OCH3 is 3. The van der Waals surface area contributed by atoms with E-state index in [4.69, 9.17) is 14.2 Å². The smallest absolute Gasteiger partial charge is 0.193 e. The third-order valence-corrected chi connectivity index (χ3v) is 4.10. The van der Waals surface area contributed by atoms with Crippen LogP contribution in [-0.4, -0.2) is 58.9 Å². The highest BCUT2D eigenvalue weighted by molar-refractivity contribution is 5.80. The Morgan fingerprint density at radius 3 is 2.70 bits per heavy atom. The number of guanidine groups is 1. The van der Waals surface area contributed by atoms with Crippen molar-refractivity contribution < 1.29 is 14.2 Å². The second-order valence-corrected chi connectivity index (χ2v) is 5.65. The lowest BCUT2D eigenvalue weighted by Gasteiger charge is -2.22. The van der Waals surface area contributed by atoms with Crippen LogP contribution in [0.5, 0.6) is 11.5 Å². The molecule has 1 aliphatic heterocycles. The van der Waals surface area contributed by atoms with Gasteiger partial charge in [-0.25, -0.2) is 0 Å². The lowest BCUT2D eigenvalue weighted by atomic mass is 10.1. The van der Waals surface area contributed by atoms with E-state index >= 15 is 0 Å². The molecule has 1 atom stereocenters. The summed E-state index contributed by atoms with van der Waals surface area (Å²) in [6.45, 7) is 3.50. The first-order valence-corrected chi connectivity index (χ1v) is 7.87. The van der Waals surface area contributed by atoms with Crippen molar-refractivity contribution in [3.63, 3.8) is 0 Å². The van der Waals surface area contributed by atoms with Gasteiger partial charge in [-0.1, -0.05) is 6.07 Å². The average molecular weight is 321 g/mol. The standard InChI is InChI=1S/C17H27N3O3/c1-18-17(20-8-7-14(11-20)12-21-2)19-10-13-5-6-15(22-3)16(9-13)23-4/h5-6,9,14H,7-8,10-12H2,1-4H3,(H,18,19). The van der Waals surface area contributed by atoms with E-state index in [0.29, 0.717) is 12.5 Å². The minimum absolute atomic E-state index is 0.583. The molecule has 0 aliphatic carbocycles. The lowest BCUT2D eigenvalue weighted by Crippen LogP contribution is -2.39. The topological polar surface area (TPSA) is 55.3 Å². The maximum absolute atomic E-state index is 5.34. The maximum atomic E-state index is 5.34. The summed E-state index contributed by atoms with van der Waals surface area (Å²) in [4.78, 5) is 6.67. The second-order valence-electron chi connectivity index (χ2n) is 5.65. The Hall–Kier alpha value is -1.95. The van der Waals surface area contributed by atoms with Gasteiger partial charge in [-0.15, -0.1) is 0 Å². The lowest BCUT2D eigenvalue weighted by molar-refractivity contribution is 0.157. The van der Waals surface area contributed by atoms with Gasteiger partial charge in [0.1, 0.15) is 0 Å². The van der Waals surface area contributed by atoms with E-state index in [1.165, 1.54) is 0 Å². The molecule has 6 nitrogen and oxygen atoms in total. The molecule has 128 valence electrons. The predicted octanol–water partition coefficient (Wildman–Crippen LogP) is 1.75. The number of benzene rings is 1. The van der Waals surface area contributed by atoms with Crippen LogP contribution in [0.1, 0.15) is 12.0 Å². The Morgan fingerprint density at radius 2 is 2.04 bits per heavy atom. The molecule has 2 rings (SSSR count). The molecule has 23 heavy (non-hydrogen) atoms. The van der Waals surface area contributed by atoms with Gasteiger partial charge in [0.25, 0.3) is 0 Å². The molecule has 0 spiro atoms. The van der Waals surface area contributed by atoms with Gasteiger partial charge in [0.2, 0.25) is 0 Å². The first-order valence-electron chi connectivity index (χ1n) is 7.87. The molecule has 1 aromatic carbocycles. The molecule has 1 aromatic rings. The van der Waals surface area contributed by atoms with Crippen LogP contribution in [0.3, 0.4) is 0 Å². The molecule has 1 N–H and O–H groups in total. The zero-order chi connectivity index (χ0) is 16.7. The molecule has 0 aromatic heterocycles. The van der Waals surface area contributed by atoms with Crippen molar-refractivity contribution in [2.75, 3.05) is 48.1 Å². The summed E-state index contributed by atoms with van der Waals surface area (Å²) in [6, 6.07) is 5.93. The Morgan fingerprint density at radius 1 is 1.26 bits per heavy atom. The van der Waals surface area contributed by atoms with E-state index in [-0.39, 0.29) is 0 Å². The van der Waals surface area contributed by atoms with Crippen molar-refractivity contribution in [2.45, 2.75) is 13.0 Å². The number of likely N-dealkylation sites (tertiary alicyclic amines) is 1. The maximum Gasteiger partial charge on any atom is 0.193 e. The van der Waals surface area contributed by atoms with Gasteiger partial charge in [0, 0.05) is 39.7 Å². The van der Waals surface area contributed by atoms with Gasteiger partial charge >= 0.3 is 0 Å². The highest BCUT2D eigenvalue weighted by Gasteiger charge is 2.24. The van der Waals surface area contributed by atoms with Crippen molar-refractivity contribution in [3.05, 3.63) is 23.8 Å². The van der Waals surface area contributed by atoms with Gasteiger partial charge < -0.3 is 24.4 Å². The summed E-state index contributed by atoms with van der Waals surface area (Å²) in [7, 11) is 6.86. The summed E-state index contributed by atoms with van der Waals surface area (Å²) in [5.41, 5.74) is 1.12. The van der Waals surface area contributed by atoms with E-state index in [1.807, 2.05) is 25.2 Å². The molecule has 0 radical (unpaired) electrons. The number of aliphatic imine (C=N–C) groups is 1. The first kappa shape index (κ1) is 17.4. The summed E-state index contributed by atoms with van der Waals surface area (Å²) in [6.07, 6.45) is 1.14. The molecular formula is C17H27N3O3. The molecule has 1 unspecified atom stereocenters. The number of nitrogens with one attached hydrogen (secondary N) is 1. The molecule has 1 heterocycles. The zero-order valence-corrected chi connectivity index (χ0v) is 14.5. The van der Waals surface area contributed by atoms with E-state index < -0.39 is 0 Å². The molecule has 0 amide bonds. The monoisotopic (exact) mass is 321 g/mol. The van der Waals surface area contributed by atoms with Crippen molar-refractivity contribution in [3.8, 4) is 11.5 Å². The SMILES string of the molecule is CN=C(NCc1ccc(OC)c(OC)c1)N1CCC(COC)C1. The van der Waals surface area contributed by atoms with Crippen LogP contribution in [0.2, 0.25) is 0 Å². The van der Waals surface area contributed by atoms with E-state index in [2.05, 4.69) is 15.2 Å². The van der Waals surface area contributed by atoms with Crippen LogP contribution >= 0.6 is 0 Å². The van der Waals surface area contributed by atoms with Crippen LogP contribution in [0.15, 0.2) is 23.2 Å². The van der Waals surface area contributed by atoms with E-state index in [9.17, 15) is 0 Å². The molecule has 1 fully saturated rings.